The van der Waals surface area contributed by atoms with Crippen LogP contribution < -0.4 is 0 Å². The van der Waals surface area contributed by atoms with Crippen LogP contribution in [0.15, 0.2) is 42.5 Å². The van der Waals surface area contributed by atoms with Crippen molar-refractivity contribution in [2.45, 2.75) is 65.3 Å². The van der Waals surface area contributed by atoms with Crippen LogP contribution in [0.2, 0.25) is 0 Å². The minimum atomic E-state index is -0.0294. The van der Waals surface area contributed by atoms with Gasteiger partial charge in [-0.3, -0.25) is 0 Å². The summed E-state index contributed by atoms with van der Waals surface area (Å²) in [6.07, 6.45) is 6.86. The number of carbonyl (C=O) groups excluding carboxylic acids is 2. The maximum atomic E-state index is 13.3. The lowest BCUT2D eigenvalue weighted by Crippen LogP contribution is -2.57. The molecule has 150 valence electrons. The van der Waals surface area contributed by atoms with Crippen molar-refractivity contribution in [3.63, 3.8) is 0 Å². The Hall–Kier alpha value is -2.00. The van der Waals surface area contributed by atoms with E-state index in [2.05, 4.69) is 63.2 Å². The summed E-state index contributed by atoms with van der Waals surface area (Å²) < 4.78 is 0.0478. The van der Waals surface area contributed by atoms with Gasteiger partial charge in [0, 0.05) is 12.8 Å². The van der Waals surface area contributed by atoms with Crippen molar-refractivity contribution in [1.82, 2.24) is 0 Å². The minimum absolute atomic E-state index is 0.0294. The van der Waals surface area contributed by atoms with Crippen molar-refractivity contribution in [3.8, 4) is 0 Å². The number of unbranched alkanes of at least 4 members (excludes halogenated alkanes) is 1. The third-order valence-electron chi connectivity index (χ3n) is 6.75. The molecular weight excluding hydrogens is 346 g/mol. The Morgan fingerprint density at radius 2 is 1.89 bits per heavy atom. The standard InChI is InChI=1S/C25H34NO2/c1-19(2)23(25(28)26(18-27)17-9-10-20(26)3)15-6-4-11-21-13-8-14-22-12-5-7-16-24(21)22/h5,7-8,12-14,16,18-20,23H,4,6,9-11,15,17H2,1-3H3/q+1/t20-,23?,26?/m1/s1. The first kappa shape index (κ1) is 20.7. The van der Waals surface area contributed by atoms with E-state index in [1.54, 1.807) is 0 Å². The van der Waals surface area contributed by atoms with Crippen LogP contribution in [-0.2, 0) is 16.0 Å². The Bertz CT molecular complexity index is 823. The zero-order valence-corrected chi connectivity index (χ0v) is 17.6. The number of aryl methyl sites for hydroxylation is 1. The van der Waals surface area contributed by atoms with Crippen molar-refractivity contribution in [2.75, 3.05) is 6.54 Å². The van der Waals surface area contributed by atoms with Crippen molar-refractivity contribution >= 4 is 23.1 Å². The first-order chi connectivity index (χ1) is 13.5. The maximum absolute atomic E-state index is 13.3. The van der Waals surface area contributed by atoms with Gasteiger partial charge in [-0.2, -0.15) is 4.48 Å². The van der Waals surface area contributed by atoms with Crippen LogP contribution in [0.4, 0.5) is 0 Å². The molecule has 0 bridgehead atoms. The zero-order chi connectivity index (χ0) is 20.1. The van der Waals surface area contributed by atoms with Crippen LogP contribution in [0.3, 0.4) is 0 Å². The van der Waals surface area contributed by atoms with Crippen molar-refractivity contribution in [3.05, 3.63) is 48.0 Å². The van der Waals surface area contributed by atoms with E-state index in [1.165, 1.54) is 16.3 Å². The SMILES string of the molecule is CC(C)C(CCCCc1cccc2ccccc12)C(=O)[N+]1(C=O)CCC[C@H]1C. The highest BCUT2D eigenvalue weighted by atomic mass is 16.2. The number of likely N-dealkylation sites (tertiary alicyclic amines) is 1. The summed E-state index contributed by atoms with van der Waals surface area (Å²) >= 11 is 0. The number of benzene rings is 2. The molecule has 2 aromatic carbocycles. The molecule has 2 unspecified atom stereocenters. The fraction of sp³-hybridized carbons (Fsp3) is 0.520. The van der Waals surface area contributed by atoms with Gasteiger partial charge in [0.25, 0.3) is 0 Å². The monoisotopic (exact) mass is 380 g/mol. The highest BCUT2D eigenvalue weighted by Crippen LogP contribution is 2.32. The Balaban J connectivity index is 1.63. The molecule has 0 aromatic heterocycles. The second-order valence-electron chi connectivity index (χ2n) is 8.82. The molecule has 1 aliphatic heterocycles. The van der Waals surface area contributed by atoms with Gasteiger partial charge in [-0.1, -0.05) is 62.7 Å². The van der Waals surface area contributed by atoms with E-state index >= 15 is 0 Å². The first-order valence-electron chi connectivity index (χ1n) is 10.8. The molecule has 2 aromatic rings. The molecule has 1 heterocycles. The maximum Gasteiger partial charge on any atom is 0.324 e. The van der Waals surface area contributed by atoms with Gasteiger partial charge >= 0.3 is 12.3 Å². The molecule has 0 spiro atoms. The van der Waals surface area contributed by atoms with E-state index in [0.717, 1.165) is 44.9 Å². The van der Waals surface area contributed by atoms with Crippen LogP contribution in [0.1, 0.15) is 58.4 Å². The van der Waals surface area contributed by atoms with Crippen LogP contribution in [0.5, 0.6) is 0 Å². The summed E-state index contributed by atoms with van der Waals surface area (Å²) in [4.78, 5) is 25.2. The average molecular weight is 381 g/mol. The van der Waals surface area contributed by atoms with Gasteiger partial charge < -0.3 is 0 Å². The molecule has 3 atom stereocenters. The Labute approximate surface area is 169 Å². The summed E-state index contributed by atoms with van der Waals surface area (Å²) in [6, 6.07) is 15.2. The first-order valence-corrected chi connectivity index (χ1v) is 10.8. The molecule has 3 rings (SSSR count). The normalized spacial score (nSPS) is 23.2. The smallest absolute Gasteiger partial charge is 0.233 e. The molecule has 28 heavy (non-hydrogen) atoms. The average Bonchev–Trinajstić information content (AvgIpc) is 3.08. The van der Waals surface area contributed by atoms with E-state index in [9.17, 15) is 9.59 Å². The van der Waals surface area contributed by atoms with E-state index in [-0.39, 0.29) is 28.3 Å². The molecule has 1 aliphatic rings. The summed E-state index contributed by atoms with van der Waals surface area (Å²) in [5, 5.41) is 2.62. The highest BCUT2D eigenvalue weighted by Gasteiger charge is 2.49. The van der Waals surface area contributed by atoms with Gasteiger partial charge in [0.15, 0.2) is 0 Å². The lowest BCUT2D eigenvalue weighted by molar-refractivity contribution is -0.782. The fourth-order valence-electron chi connectivity index (χ4n) is 4.88. The van der Waals surface area contributed by atoms with Gasteiger partial charge in [-0.25, -0.2) is 9.59 Å². The van der Waals surface area contributed by atoms with Gasteiger partial charge in [0.1, 0.15) is 6.04 Å². The second kappa shape index (κ2) is 9.00. The lowest BCUT2D eigenvalue weighted by Gasteiger charge is -2.33. The number of imide groups is 1. The Morgan fingerprint density at radius 3 is 2.57 bits per heavy atom. The summed E-state index contributed by atoms with van der Waals surface area (Å²) in [5.74, 6) is 0.395. The van der Waals surface area contributed by atoms with E-state index in [4.69, 9.17) is 0 Å². The van der Waals surface area contributed by atoms with Crippen molar-refractivity contribution < 1.29 is 14.1 Å². The summed E-state index contributed by atoms with van der Waals surface area (Å²) in [7, 11) is 0. The number of fused-ring (bicyclic) bond motifs is 1. The lowest BCUT2D eigenvalue weighted by atomic mass is 9.87. The summed E-state index contributed by atoms with van der Waals surface area (Å²) in [5.41, 5.74) is 1.38. The Morgan fingerprint density at radius 1 is 1.14 bits per heavy atom. The van der Waals surface area contributed by atoms with Crippen LogP contribution in [0, 0.1) is 11.8 Å². The number of amides is 2. The van der Waals surface area contributed by atoms with Crippen molar-refractivity contribution in [2.24, 2.45) is 11.8 Å². The van der Waals surface area contributed by atoms with Gasteiger partial charge in [-0.05, 0) is 48.4 Å². The molecule has 1 saturated heterocycles. The molecule has 0 radical (unpaired) electrons. The highest BCUT2D eigenvalue weighted by molar-refractivity contribution is 5.85. The number of hydrogen-bond acceptors (Lipinski definition) is 2. The van der Waals surface area contributed by atoms with Gasteiger partial charge in [0.2, 0.25) is 0 Å². The molecule has 0 saturated carbocycles. The Kier molecular flexibility index (Phi) is 6.66. The number of quaternary nitrogens is 1. The largest absolute Gasteiger partial charge is 0.324 e. The zero-order valence-electron chi connectivity index (χ0n) is 17.6. The van der Waals surface area contributed by atoms with E-state index in [1.807, 2.05) is 0 Å². The molecule has 0 aliphatic carbocycles. The predicted molar refractivity (Wildman–Crippen MR) is 115 cm³/mol. The second-order valence-corrected chi connectivity index (χ2v) is 8.82. The third-order valence-corrected chi connectivity index (χ3v) is 6.75. The number of rotatable bonds is 8. The third kappa shape index (κ3) is 4.05. The predicted octanol–water partition coefficient (Wildman–Crippen LogP) is 5.51. The van der Waals surface area contributed by atoms with E-state index in [0.29, 0.717) is 6.54 Å². The number of nitrogens with zero attached hydrogens (tertiary/aromatic N) is 1. The molecule has 3 heteroatoms. The van der Waals surface area contributed by atoms with Gasteiger partial charge in [0.05, 0.1) is 12.5 Å². The molecule has 3 nitrogen and oxygen atoms in total. The van der Waals surface area contributed by atoms with E-state index < -0.39 is 0 Å². The molecule has 2 amide bonds. The minimum Gasteiger partial charge on any atom is -0.233 e. The van der Waals surface area contributed by atoms with Gasteiger partial charge in [-0.15, -0.1) is 0 Å². The number of carbonyl (C=O) groups is 2. The molecule has 0 N–H and O–H groups in total. The van der Waals surface area contributed by atoms with Crippen LogP contribution in [0.25, 0.3) is 10.8 Å². The fourth-order valence-corrected chi connectivity index (χ4v) is 4.88. The molecular formula is C25H34NO2+. The van der Waals surface area contributed by atoms with Crippen LogP contribution in [-0.4, -0.2) is 29.4 Å². The van der Waals surface area contributed by atoms with Crippen molar-refractivity contribution in [1.29, 1.82) is 0 Å². The molecule has 1 fully saturated rings. The topological polar surface area (TPSA) is 34.1 Å². The van der Waals surface area contributed by atoms with Crippen LogP contribution >= 0.6 is 0 Å². The summed E-state index contributed by atoms with van der Waals surface area (Å²) in [6.45, 7) is 6.98. The quantitative estimate of drug-likeness (QED) is 0.344. The number of hydrogen-bond donors (Lipinski definition) is 0.